The number of piperidine rings is 1. The molecule has 0 aliphatic carbocycles. The molecule has 116 valence electrons. The number of likely N-dealkylation sites (tertiary alicyclic amines) is 1. The third-order valence-corrected chi connectivity index (χ3v) is 3.88. The van der Waals surface area contributed by atoms with Crippen molar-refractivity contribution in [3.63, 3.8) is 0 Å². The molecule has 0 radical (unpaired) electrons. The zero-order valence-electron chi connectivity index (χ0n) is 11.5. The van der Waals surface area contributed by atoms with Crippen LogP contribution in [-0.2, 0) is 9.59 Å². The number of halogens is 3. The smallest absolute Gasteiger partial charge is 0.389 e. The summed E-state index contributed by atoms with van der Waals surface area (Å²) < 4.78 is 36.2. The van der Waals surface area contributed by atoms with Crippen LogP contribution in [-0.4, -0.2) is 41.1 Å². The average Bonchev–Trinajstić information content (AvgIpc) is 2.36. The van der Waals surface area contributed by atoms with Crippen molar-refractivity contribution in [1.29, 1.82) is 0 Å². The van der Waals surface area contributed by atoms with Crippen LogP contribution in [0.2, 0.25) is 0 Å². The Balaban J connectivity index is 2.52. The highest BCUT2D eigenvalue weighted by atomic mass is 19.4. The molecule has 0 aromatic heterocycles. The molecule has 1 aliphatic rings. The number of carbonyl (C=O) groups is 2. The van der Waals surface area contributed by atoms with Gasteiger partial charge in [-0.3, -0.25) is 9.59 Å². The number of hydrogen-bond acceptors (Lipinski definition) is 2. The molecule has 1 fully saturated rings. The number of nitrogens with zero attached hydrogens (tertiary/aromatic N) is 1. The highest BCUT2D eigenvalue weighted by Gasteiger charge is 2.41. The summed E-state index contributed by atoms with van der Waals surface area (Å²) in [4.78, 5) is 24.4. The van der Waals surface area contributed by atoms with Crippen molar-refractivity contribution in [3.8, 4) is 0 Å². The third-order valence-electron chi connectivity index (χ3n) is 3.88. The van der Waals surface area contributed by atoms with Gasteiger partial charge >= 0.3 is 12.1 Å². The quantitative estimate of drug-likeness (QED) is 0.848. The van der Waals surface area contributed by atoms with Gasteiger partial charge in [0.05, 0.1) is 11.8 Å². The summed E-state index contributed by atoms with van der Waals surface area (Å²) in [7, 11) is 0. The second kappa shape index (κ2) is 6.45. The minimum Gasteiger partial charge on any atom is -0.481 e. The van der Waals surface area contributed by atoms with E-state index >= 15 is 0 Å². The molecule has 1 aliphatic heterocycles. The van der Waals surface area contributed by atoms with Crippen LogP contribution < -0.4 is 0 Å². The van der Waals surface area contributed by atoms with E-state index in [1.807, 2.05) is 6.92 Å². The number of aliphatic carboxylic acids is 1. The summed E-state index contributed by atoms with van der Waals surface area (Å²) in [5, 5.41) is 9.30. The highest BCUT2D eigenvalue weighted by molar-refractivity contribution is 5.78. The first-order chi connectivity index (χ1) is 9.20. The Morgan fingerprint density at radius 2 is 1.80 bits per heavy atom. The second-order valence-corrected chi connectivity index (χ2v) is 5.33. The van der Waals surface area contributed by atoms with Crippen LogP contribution in [0.4, 0.5) is 13.2 Å². The lowest BCUT2D eigenvalue weighted by Gasteiger charge is -2.39. The number of hydrogen-bond donors (Lipinski definition) is 1. The summed E-state index contributed by atoms with van der Waals surface area (Å²) >= 11 is 0. The van der Waals surface area contributed by atoms with Crippen molar-refractivity contribution in [2.45, 2.75) is 51.6 Å². The van der Waals surface area contributed by atoms with Gasteiger partial charge in [0.15, 0.2) is 0 Å². The van der Waals surface area contributed by atoms with Crippen LogP contribution in [0.15, 0.2) is 0 Å². The summed E-state index contributed by atoms with van der Waals surface area (Å²) in [6.45, 7) is 2.34. The zero-order valence-corrected chi connectivity index (χ0v) is 11.5. The lowest BCUT2D eigenvalue weighted by atomic mass is 9.75. The van der Waals surface area contributed by atoms with Gasteiger partial charge < -0.3 is 10.0 Å². The summed E-state index contributed by atoms with van der Waals surface area (Å²) in [6.07, 6.45) is -4.12. The van der Waals surface area contributed by atoms with E-state index in [1.54, 1.807) is 0 Å². The SMILES string of the molecule is CCCC1(C(=O)O)CCN(C(=O)CCC(F)(F)F)CC1. The van der Waals surface area contributed by atoms with Gasteiger partial charge in [0.25, 0.3) is 0 Å². The van der Waals surface area contributed by atoms with Gasteiger partial charge in [-0.05, 0) is 19.3 Å². The van der Waals surface area contributed by atoms with Crippen LogP contribution in [0.25, 0.3) is 0 Å². The number of carboxylic acids is 1. The molecule has 0 aromatic carbocycles. The van der Waals surface area contributed by atoms with Crippen LogP contribution >= 0.6 is 0 Å². The molecule has 0 unspecified atom stereocenters. The largest absolute Gasteiger partial charge is 0.481 e. The molecule has 0 spiro atoms. The Morgan fingerprint density at radius 3 is 2.20 bits per heavy atom. The van der Waals surface area contributed by atoms with Crippen molar-refractivity contribution in [1.82, 2.24) is 4.90 Å². The molecule has 1 N–H and O–H groups in total. The fraction of sp³-hybridized carbons (Fsp3) is 0.846. The summed E-state index contributed by atoms with van der Waals surface area (Å²) in [6, 6.07) is 0. The molecule has 0 atom stereocenters. The zero-order chi connectivity index (χ0) is 15.4. The highest BCUT2D eigenvalue weighted by Crippen LogP contribution is 2.36. The molecule has 0 saturated carbocycles. The van der Waals surface area contributed by atoms with Gasteiger partial charge in [-0.2, -0.15) is 13.2 Å². The molecule has 7 heteroatoms. The maximum Gasteiger partial charge on any atom is 0.389 e. The summed E-state index contributed by atoms with van der Waals surface area (Å²) in [5.41, 5.74) is -0.824. The number of amides is 1. The Labute approximate surface area is 115 Å². The van der Waals surface area contributed by atoms with E-state index in [4.69, 9.17) is 0 Å². The van der Waals surface area contributed by atoms with Crippen molar-refractivity contribution < 1.29 is 27.9 Å². The van der Waals surface area contributed by atoms with Crippen LogP contribution in [0.3, 0.4) is 0 Å². The predicted octanol–water partition coefficient (Wildman–Crippen LogP) is 2.82. The second-order valence-electron chi connectivity index (χ2n) is 5.33. The Morgan fingerprint density at radius 1 is 1.25 bits per heavy atom. The summed E-state index contributed by atoms with van der Waals surface area (Å²) in [5.74, 6) is -1.42. The van der Waals surface area contributed by atoms with Crippen molar-refractivity contribution in [3.05, 3.63) is 0 Å². The van der Waals surface area contributed by atoms with Crippen LogP contribution in [0.1, 0.15) is 45.4 Å². The van der Waals surface area contributed by atoms with Crippen molar-refractivity contribution in [2.24, 2.45) is 5.41 Å². The van der Waals surface area contributed by atoms with E-state index in [2.05, 4.69) is 0 Å². The van der Waals surface area contributed by atoms with E-state index in [0.29, 0.717) is 19.3 Å². The number of rotatable bonds is 5. The monoisotopic (exact) mass is 295 g/mol. The molecule has 4 nitrogen and oxygen atoms in total. The van der Waals surface area contributed by atoms with Gasteiger partial charge in [-0.15, -0.1) is 0 Å². The van der Waals surface area contributed by atoms with E-state index in [-0.39, 0.29) is 13.1 Å². The van der Waals surface area contributed by atoms with Crippen LogP contribution in [0.5, 0.6) is 0 Å². The molecule has 0 bridgehead atoms. The minimum absolute atomic E-state index is 0.225. The minimum atomic E-state index is -4.33. The lowest BCUT2D eigenvalue weighted by molar-refractivity contribution is -0.157. The van der Waals surface area contributed by atoms with Gasteiger partial charge in [0.1, 0.15) is 0 Å². The van der Waals surface area contributed by atoms with E-state index in [1.165, 1.54) is 4.90 Å². The Bertz CT molecular complexity index is 360. The van der Waals surface area contributed by atoms with Gasteiger partial charge in [0.2, 0.25) is 5.91 Å². The molecule has 20 heavy (non-hydrogen) atoms. The van der Waals surface area contributed by atoms with Gasteiger partial charge in [-0.25, -0.2) is 0 Å². The average molecular weight is 295 g/mol. The van der Waals surface area contributed by atoms with Crippen molar-refractivity contribution in [2.75, 3.05) is 13.1 Å². The fourth-order valence-corrected chi connectivity index (χ4v) is 2.64. The maximum atomic E-state index is 12.1. The van der Waals surface area contributed by atoms with E-state index in [0.717, 1.165) is 6.42 Å². The molecular formula is C13H20F3NO3. The number of carboxylic acid groups (broad SMARTS) is 1. The molecule has 1 heterocycles. The molecule has 1 saturated heterocycles. The number of alkyl halides is 3. The lowest BCUT2D eigenvalue weighted by Crippen LogP contribution is -2.46. The first kappa shape index (κ1) is 16.8. The first-order valence-corrected chi connectivity index (χ1v) is 6.78. The van der Waals surface area contributed by atoms with E-state index in [9.17, 15) is 27.9 Å². The van der Waals surface area contributed by atoms with Crippen molar-refractivity contribution >= 4 is 11.9 Å². The van der Waals surface area contributed by atoms with Crippen LogP contribution in [0, 0.1) is 5.41 Å². The normalized spacial score (nSPS) is 18.9. The van der Waals surface area contributed by atoms with E-state index < -0.39 is 36.3 Å². The van der Waals surface area contributed by atoms with Gasteiger partial charge in [0, 0.05) is 19.5 Å². The molecular weight excluding hydrogens is 275 g/mol. The van der Waals surface area contributed by atoms with Gasteiger partial charge in [-0.1, -0.05) is 13.3 Å². The third kappa shape index (κ3) is 4.38. The molecule has 0 aromatic rings. The Kier molecular flexibility index (Phi) is 5.42. The first-order valence-electron chi connectivity index (χ1n) is 6.78. The fourth-order valence-electron chi connectivity index (χ4n) is 2.64. The topological polar surface area (TPSA) is 57.6 Å². The molecule has 1 rings (SSSR count). The standard InChI is InChI=1S/C13H20F3NO3/c1-2-4-12(11(19)20)6-8-17(9-7-12)10(18)3-5-13(14,15)16/h2-9H2,1H3,(H,19,20). The number of carbonyl (C=O) groups excluding carboxylic acids is 1. The Hall–Kier alpha value is -1.27. The molecule has 1 amide bonds. The predicted molar refractivity (Wildman–Crippen MR) is 66.1 cm³/mol. The maximum absolute atomic E-state index is 12.1.